The van der Waals surface area contributed by atoms with E-state index in [-0.39, 0.29) is 4.90 Å². The zero-order chi connectivity index (χ0) is 13.2. The highest BCUT2D eigenvalue weighted by molar-refractivity contribution is 7.89. The largest absolute Gasteiger partial charge is 0.382 e. The molecule has 1 heterocycles. The quantitative estimate of drug-likeness (QED) is 0.847. The number of nitrogens with two attached hydrogens (primary N) is 1. The van der Waals surface area contributed by atoms with Crippen molar-refractivity contribution in [2.75, 3.05) is 12.8 Å². The Morgan fingerprint density at radius 2 is 1.94 bits per heavy atom. The molecule has 3 N–H and O–H groups in total. The summed E-state index contributed by atoms with van der Waals surface area (Å²) in [6, 6.07) is 9.76. The van der Waals surface area contributed by atoms with Gasteiger partial charge in [0, 0.05) is 5.56 Å². The van der Waals surface area contributed by atoms with Crippen LogP contribution in [0.1, 0.15) is 0 Å². The molecule has 0 bridgehead atoms. The van der Waals surface area contributed by atoms with E-state index in [0.29, 0.717) is 17.1 Å². The van der Waals surface area contributed by atoms with Gasteiger partial charge in [0.05, 0.1) is 10.6 Å². The topological polar surface area (TPSA) is 98.0 Å². The van der Waals surface area contributed by atoms with E-state index in [4.69, 9.17) is 5.73 Å². The summed E-state index contributed by atoms with van der Waals surface area (Å²) in [7, 11) is -2.09. The maximum atomic E-state index is 11.7. The maximum Gasteiger partial charge on any atom is 0.240 e. The van der Waals surface area contributed by atoms with Crippen LogP contribution in [0.2, 0.25) is 0 Å². The van der Waals surface area contributed by atoms with Crippen LogP contribution in [0.25, 0.3) is 11.3 Å². The van der Waals surface area contributed by atoms with Crippen molar-refractivity contribution in [3.05, 3.63) is 36.4 Å². The number of aromatic nitrogens is 2. The minimum absolute atomic E-state index is 0.182. The van der Waals surface area contributed by atoms with Crippen LogP contribution in [0, 0.1) is 0 Å². The highest BCUT2D eigenvalue weighted by atomic mass is 32.2. The Bertz CT molecular complexity index is 653. The van der Waals surface area contributed by atoms with Gasteiger partial charge in [-0.25, -0.2) is 13.1 Å². The maximum absolute atomic E-state index is 11.7. The number of benzene rings is 1. The number of nitrogens with one attached hydrogen (secondary N) is 1. The summed E-state index contributed by atoms with van der Waals surface area (Å²) in [6.45, 7) is 0. The van der Waals surface area contributed by atoms with Crippen LogP contribution in [-0.4, -0.2) is 25.7 Å². The number of sulfonamides is 1. The first kappa shape index (κ1) is 12.5. The van der Waals surface area contributed by atoms with Crippen molar-refractivity contribution in [1.82, 2.24) is 14.9 Å². The lowest BCUT2D eigenvalue weighted by atomic mass is 10.1. The highest BCUT2D eigenvalue weighted by Crippen LogP contribution is 2.20. The zero-order valence-electron chi connectivity index (χ0n) is 9.66. The summed E-state index contributed by atoms with van der Waals surface area (Å²) >= 11 is 0. The number of nitrogens with zero attached hydrogens (tertiary/aromatic N) is 2. The second-order valence-corrected chi connectivity index (χ2v) is 5.47. The van der Waals surface area contributed by atoms with Crippen LogP contribution in [0.5, 0.6) is 0 Å². The Labute approximate surface area is 105 Å². The van der Waals surface area contributed by atoms with Gasteiger partial charge in [-0.3, -0.25) is 0 Å². The van der Waals surface area contributed by atoms with Crippen molar-refractivity contribution in [1.29, 1.82) is 0 Å². The van der Waals surface area contributed by atoms with E-state index >= 15 is 0 Å². The fourth-order valence-electron chi connectivity index (χ4n) is 1.44. The SMILES string of the molecule is CNS(=O)(=O)c1cccc(-c2ccc(N)nn2)c1. The molecule has 7 heteroatoms. The second-order valence-electron chi connectivity index (χ2n) is 3.58. The highest BCUT2D eigenvalue weighted by Gasteiger charge is 2.12. The predicted molar refractivity (Wildman–Crippen MR) is 68.1 cm³/mol. The van der Waals surface area contributed by atoms with E-state index in [1.165, 1.54) is 19.2 Å². The molecule has 1 aromatic carbocycles. The molecule has 2 rings (SSSR count). The first-order valence-electron chi connectivity index (χ1n) is 5.16. The number of nitrogen functional groups attached to an aromatic ring is 1. The van der Waals surface area contributed by atoms with Crippen molar-refractivity contribution >= 4 is 15.8 Å². The monoisotopic (exact) mass is 264 g/mol. The molecular weight excluding hydrogens is 252 g/mol. The van der Waals surface area contributed by atoms with Crippen molar-refractivity contribution in [3.63, 3.8) is 0 Å². The van der Waals surface area contributed by atoms with Crippen molar-refractivity contribution in [2.45, 2.75) is 4.90 Å². The Morgan fingerprint density at radius 1 is 1.17 bits per heavy atom. The summed E-state index contributed by atoms with van der Waals surface area (Å²) in [6.07, 6.45) is 0. The normalized spacial score (nSPS) is 11.4. The first-order valence-corrected chi connectivity index (χ1v) is 6.64. The van der Waals surface area contributed by atoms with Crippen LogP contribution in [0.15, 0.2) is 41.3 Å². The molecule has 0 amide bonds. The molecule has 0 saturated carbocycles. The van der Waals surface area contributed by atoms with Crippen LogP contribution in [0.3, 0.4) is 0 Å². The lowest BCUT2D eigenvalue weighted by Gasteiger charge is -2.05. The third kappa shape index (κ3) is 2.47. The average Bonchev–Trinajstić information content (AvgIpc) is 2.40. The van der Waals surface area contributed by atoms with E-state index in [0.717, 1.165) is 0 Å². The van der Waals surface area contributed by atoms with Crippen molar-refractivity contribution < 1.29 is 8.42 Å². The molecule has 0 atom stereocenters. The van der Waals surface area contributed by atoms with Gasteiger partial charge < -0.3 is 5.73 Å². The lowest BCUT2D eigenvalue weighted by molar-refractivity contribution is 0.588. The van der Waals surface area contributed by atoms with Crippen LogP contribution < -0.4 is 10.5 Å². The number of hydrogen-bond acceptors (Lipinski definition) is 5. The van der Waals surface area contributed by atoms with Gasteiger partial charge in [0.25, 0.3) is 0 Å². The Kier molecular flexibility index (Phi) is 3.26. The molecule has 0 saturated heterocycles. The lowest BCUT2D eigenvalue weighted by Crippen LogP contribution is -2.18. The number of hydrogen-bond donors (Lipinski definition) is 2. The van der Waals surface area contributed by atoms with Crippen molar-refractivity contribution in [2.24, 2.45) is 0 Å². The molecular formula is C11H12N4O2S. The Hall–Kier alpha value is -1.99. The van der Waals surface area contributed by atoms with Gasteiger partial charge in [0.2, 0.25) is 10.0 Å². The smallest absolute Gasteiger partial charge is 0.240 e. The van der Waals surface area contributed by atoms with Gasteiger partial charge in [-0.15, -0.1) is 10.2 Å². The number of rotatable bonds is 3. The minimum Gasteiger partial charge on any atom is -0.382 e. The predicted octanol–water partition coefficient (Wildman–Crippen LogP) is 0.634. The molecule has 0 unspecified atom stereocenters. The summed E-state index contributed by atoms with van der Waals surface area (Å²) in [4.78, 5) is 0.182. The molecule has 0 radical (unpaired) electrons. The van der Waals surface area contributed by atoms with Crippen LogP contribution in [0.4, 0.5) is 5.82 Å². The molecule has 0 aliphatic rings. The fraction of sp³-hybridized carbons (Fsp3) is 0.0909. The van der Waals surface area contributed by atoms with Crippen molar-refractivity contribution in [3.8, 4) is 11.3 Å². The Balaban J connectivity index is 2.48. The fourth-order valence-corrected chi connectivity index (χ4v) is 2.21. The average molecular weight is 264 g/mol. The summed E-state index contributed by atoms with van der Waals surface area (Å²) < 4.78 is 25.6. The minimum atomic E-state index is -3.46. The van der Waals surface area contributed by atoms with E-state index in [1.807, 2.05) is 0 Å². The van der Waals surface area contributed by atoms with Gasteiger partial charge in [0.1, 0.15) is 5.82 Å². The first-order chi connectivity index (χ1) is 8.53. The van der Waals surface area contributed by atoms with Gasteiger partial charge in [0.15, 0.2) is 0 Å². The van der Waals surface area contributed by atoms with E-state index < -0.39 is 10.0 Å². The van der Waals surface area contributed by atoms with Gasteiger partial charge in [-0.2, -0.15) is 0 Å². The van der Waals surface area contributed by atoms with E-state index in [1.54, 1.807) is 24.3 Å². The molecule has 18 heavy (non-hydrogen) atoms. The van der Waals surface area contributed by atoms with Gasteiger partial charge in [-0.1, -0.05) is 12.1 Å². The third-order valence-electron chi connectivity index (χ3n) is 2.39. The van der Waals surface area contributed by atoms with Crippen LogP contribution in [-0.2, 0) is 10.0 Å². The molecule has 0 spiro atoms. The number of anilines is 1. The Morgan fingerprint density at radius 3 is 2.56 bits per heavy atom. The standard InChI is InChI=1S/C11H12N4O2S/c1-13-18(16,17)9-4-2-3-8(7-9)10-5-6-11(12)15-14-10/h2-7,13H,1H3,(H2,12,15). The zero-order valence-corrected chi connectivity index (χ0v) is 10.5. The van der Waals surface area contributed by atoms with Gasteiger partial charge in [-0.05, 0) is 31.3 Å². The molecule has 2 aromatic rings. The molecule has 1 aromatic heterocycles. The summed E-state index contributed by atoms with van der Waals surface area (Å²) in [5, 5.41) is 7.64. The van der Waals surface area contributed by atoms with E-state index in [2.05, 4.69) is 14.9 Å². The second kappa shape index (κ2) is 4.71. The molecule has 0 aliphatic heterocycles. The van der Waals surface area contributed by atoms with Crippen LogP contribution >= 0.6 is 0 Å². The van der Waals surface area contributed by atoms with E-state index in [9.17, 15) is 8.42 Å². The molecule has 0 fully saturated rings. The molecule has 6 nitrogen and oxygen atoms in total. The third-order valence-corrected chi connectivity index (χ3v) is 3.81. The van der Waals surface area contributed by atoms with Gasteiger partial charge >= 0.3 is 0 Å². The summed E-state index contributed by atoms with van der Waals surface area (Å²) in [5.41, 5.74) is 6.68. The summed E-state index contributed by atoms with van der Waals surface area (Å²) in [5.74, 6) is 0.317. The molecule has 94 valence electrons. The molecule has 0 aliphatic carbocycles.